The molecule has 1 heterocycles. The van der Waals surface area contributed by atoms with Gasteiger partial charge in [0.05, 0.1) is 40.7 Å². The van der Waals surface area contributed by atoms with Crippen LogP contribution in [-0.2, 0) is 4.79 Å². The van der Waals surface area contributed by atoms with Crippen molar-refractivity contribution < 1.29 is 23.7 Å². The van der Waals surface area contributed by atoms with Crippen LogP contribution in [0.25, 0.3) is 0 Å². The topological polar surface area (TPSA) is 72.5 Å². The van der Waals surface area contributed by atoms with E-state index in [0.717, 1.165) is 37.6 Å². The molecule has 162 valence electrons. The number of methoxy groups -OCH3 is 4. The number of para-hydroxylation sites is 2. The van der Waals surface area contributed by atoms with Crippen molar-refractivity contribution in [2.24, 2.45) is 0 Å². The molecule has 0 saturated carbocycles. The second-order valence-corrected chi connectivity index (χ2v) is 6.90. The molecule has 1 N–H and O–H groups in total. The highest BCUT2D eigenvalue weighted by molar-refractivity contribution is 5.93. The number of carbonyl (C=O) groups excluding carboxylic acids is 1. The van der Waals surface area contributed by atoms with Gasteiger partial charge in [-0.05, 0) is 12.1 Å². The van der Waals surface area contributed by atoms with E-state index in [1.807, 2.05) is 18.2 Å². The Kier molecular flexibility index (Phi) is 7.24. The minimum absolute atomic E-state index is 0.0879. The van der Waals surface area contributed by atoms with E-state index in [-0.39, 0.29) is 5.91 Å². The Bertz CT molecular complexity index is 841. The molecule has 0 aliphatic carbocycles. The molecule has 0 bridgehead atoms. The quantitative estimate of drug-likeness (QED) is 0.710. The summed E-state index contributed by atoms with van der Waals surface area (Å²) in [6, 6.07) is 11.4. The highest BCUT2D eigenvalue weighted by atomic mass is 16.5. The van der Waals surface area contributed by atoms with Crippen molar-refractivity contribution >= 4 is 17.3 Å². The largest absolute Gasteiger partial charge is 0.495 e. The van der Waals surface area contributed by atoms with E-state index in [0.29, 0.717) is 29.5 Å². The molecule has 1 amide bonds. The lowest BCUT2D eigenvalue weighted by atomic mass is 10.2. The number of benzene rings is 2. The summed E-state index contributed by atoms with van der Waals surface area (Å²) in [5, 5.41) is 2.92. The molecule has 8 heteroatoms. The fourth-order valence-corrected chi connectivity index (χ4v) is 3.59. The zero-order valence-corrected chi connectivity index (χ0v) is 17.9. The number of amides is 1. The summed E-state index contributed by atoms with van der Waals surface area (Å²) in [7, 11) is 6.32. The number of hydrogen-bond acceptors (Lipinski definition) is 7. The van der Waals surface area contributed by atoms with Gasteiger partial charge < -0.3 is 29.2 Å². The standard InChI is InChI=1S/C22H29N3O5/c1-27-18-8-6-5-7-17(18)25-11-9-24(10-12-25)15-21(26)23-16-13-19(28-2)22(30-4)20(14-16)29-3/h5-8,13-14H,9-12,15H2,1-4H3,(H,23,26). The van der Waals surface area contributed by atoms with Gasteiger partial charge in [0.25, 0.3) is 0 Å². The summed E-state index contributed by atoms with van der Waals surface area (Å²) in [5.74, 6) is 2.27. The van der Waals surface area contributed by atoms with Gasteiger partial charge in [-0.2, -0.15) is 0 Å². The summed E-state index contributed by atoms with van der Waals surface area (Å²) >= 11 is 0. The van der Waals surface area contributed by atoms with E-state index in [1.54, 1.807) is 40.6 Å². The third-order valence-electron chi connectivity index (χ3n) is 5.11. The maximum absolute atomic E-state index is 12.6. The normalized spacial score (nSPS) is 14.2. The minimum Gasteiger partial charge on any atom is -0.495 e. The smallest absolute Gasteiger partial charge is 0.238 e. The first kappa shape index (κ1) is 21.6. The summed E-state index contributed by atoms with van der Waals surface area (Å²) in [4.78, 5) is 17.0. The van der Waals surface area contributed by atoms with E-state index in [4.69, 9.17) is 18.9 Å². The molecule has 0 spiro atoms. The molecule has 0 atom stereocenters. The van der Waals surface area contributed by atoms with E-state index in [9.17, 15) is 4.79 Å². The monoisotopic (exact) mass is 415 g/mol. The van der Waals surface area contributed by atoms with Gasteiger partial charge in [-0.15, -0.1) is 0 Å². The van der Waals surface area contributed by atoms with Gasteiger partial charge in [0, 0.05) is 44.0 Å². The second-order valence-electron chi connectivity index (χ2n) is 6.90. The average Bonchev–Trinajstić information content (AvgIpc) is 2.78. The van der Waals surface area contributed by atoms with Gasteiger partial charge >= 0.3 is 0 Å². The number of nitrogens with zero attached hydrogens (tertiary/aromatic N) is 2. The number of ether oxygens (including phenoxy) is 4. The molecule has 1 fully saturated rings. The SMILES string of the molecule is COc1ccccc1N1CCN(CC(=O)Nc2cc(OC)c(OC)c(OC)c2)CC1. The first-order valence-electron chi connectivity index (χ1n) is 9.79. The third kappa shape index (κ3) is 4.88. The van der Waals surface area contributed by atoms with Crippen molar-refractivity contribution in [1.29, 1.82) is 0 Å². The third-order valence-corrected chi connectivity index (χ3v) is 5.11. The maximum Gasteiger partial charge on any atom is 0.238 e. The van der Waals surface area contributed by atoms with Crippen molar-refractivity contribution in [3.05, 3.63) is 36.4 Å². The van der Waals surface area contributed by atoms with Crippen LogP contribution >= 0.6 is 0 Å². The first-order chi connectivity index (χ1) is 14.6. The predicted molar refractivity (Wildman–Crippen MR) is 116 cm³/mol. The van der Waals surface area contributed by atoms with Crippen molar-refractivity contribution in [3.8, 4) is 23.0 Å². The Morgan fingerprint density at radius 2 is 1.47 bits per heavy atom. The molecule has 3 rings (SSSR count). The fourth-order valence-electron chi connectivity index (χ4n) is 3.59. The zero-order chi connectivity index (χ0) is 21.5. The van der Waals surface area contributed by atoms with Gasteiger partial charge in [-0.1, -0.05) is 12.1 Å². The summed E-state index contributed by atoms with van der Waals surface area (Å²) in [5.41, 5.74) is 1.68. The van der Waals surface area contributed by atoms with E-state index < -0.39 is 0 Å². The summed E-state index contributed by atoms with van der Waals surface area (Å²) < 4.78 is 21.5. The van der Waals surface area contributed by atoms with Crippen LogP contribution in [0.3, 0.4) is 0 Å². The second kappa shape index (κ2) is 10.1. The molecule has 0 radical (unpaired) electrons. The molecule has 1 saturated heterocycles. The molecule has 30 heavy (non-hydrogen) atoms. The zero-order valence-electron chi connectivity index (χ0n) is 17.9. The summed E-state index contributed by atoms with van der Waals surface area (Å²) in [6.45, 7) is 3.56. The lowest BCUT2D eigenvalue weighted by Gasteiger charge is -2.36. The van der Waals surface area contributed by atoms with Gasteiger partial charge in [0.1, 0.15) is 5.75 Å². The van der Waals surface area contributed by atoms with Crippen molar-refractivity contribution in [3.63, 3.8) is 0 Å². The molecule has 0 unspecified atom stereocenters. The number of carbonyl (C=O) groups is 1. The molecule has 1 aliphatic rings. The van der Waals surface area contributed by atoms with Crippen LogP contribution in [0.4, 0.5) is 11.4 Å². The molecular weight excluding hydrogens is 386 g/mol. The number of rotatable bonds is 8. The number of hydrogen-bond donors (Lipinski definition) is 1. The summed E-state index contributed by atoms with van der Waals surface area (Å²) in [6.07, 6.45) is 0. The molecule has 8 nitrogen and oxygen atoms in total. The van der Waals surface area contributed by atoms with Crippen LogP contribution in [0, 0.1) is 0 Å². The Morgan fingerprint density at radius 1 is 0.867 bits per heavy atom. The van der Waals surface area contributed by atoms with Crippen molar-refractivity contribution in [2.75, 3.05) is 71.4 Å². The number of anilines is 2. The van der Waals surface area contributed by atoms with E-state index in [1.165, 1.54) is 0 Å². The number of nitrogens with one attached hydrogen (secondary N) is 1. The maximum atomic E-state index is 12.6. The molecular formula is C22H29N3O5. The van der Waals surface area contributed by atoms with E-state index in [2.05, 4.69) is 21.2 Å². The average molecular weight is 415 g/mol. The van der Waals surface area contributed by atoms with Crippen LogP contribution in [-0.4, -0.2) is 72.0 Å². The van der Waals surface area contributed by atoms with Gasteiger partial charge in [-0.25, -0.2) is 0 Å². The van der Waals surface area contributed by atoms with Gasteiger partial charge in [-0.3, -0.25) is 9.69 Å². The molecule has 2 aromatic rings. The Hall–Kier alpha value is -3.13. The van der Waals surface area contributed by atoms with Crippen LogP contribution < -0.4 is 29.2 Å². The highest BCUT2D eigenvalue weighted by Crippen LogP contribution is 2.39. The highest BCUT2D eigenvalue weighted by Gasteiger charge is 2.21. The first-order valence-corrected chi connectivity index (χ1v) is 9.79. The van der Waals surface area contributed by atoms with Gasteiger partial charge in [0.15, 0.2) is 11.5 Å². The van der Waals surface area contributed by atoms with Gasteiger partial charge in [0.2, 0.25) is 11.7 Å². The van der Waals surface area contributed by atoms with Crippen molar-refractivity contribution in [1.82, 2.24) is 4.90 Å². The van der Waals surface area contributed by atoms with Crippen LogP contribution in [0.2, 0.25) is 0 Å². The Balaban J connectivity index is 1.58. The van der Waals surface area contributed by atoms with Crippen LogP contribution in [0.5, 0.6) is 23.0 Å². The van der Waals surface area contributed by atoms with Crippen molar-refractivity contribution in [2.45, 2.75) is 0 Å². The lowest BCUT2D eigenvalue weighted by molar-refractivity contribution is -0.117. The lowest BCUT2D eigenvalue weighted by Crippen LogP contribution is -2.48. The fraction of sp³-hybridized carbons (Fsp3) is 0.409. The van der Waals surface area contributed by atoms with Crippen LogP contribution in [0.15, 0.2) is 36.4 Å². The molecule has 0 aromatic heterocycles. The molecule has 1 aliphatic heterocycles. The Morgan fingerprint density at radius 3 is 2.03 bits per heavy atom. The van der Waals surface area contributed by atoms with Crippen LogP contribution in [0.1, 0.15) is 0 Å². The molecule has 2 aromatic carbocycles. The minimum atomic E-state index is -0.0879. The predicted octanol–water partition coefficient (Wildman–Crippen LogP) is 2.48. The Labute approximate surface area is 177 Å². The number of piperazine rings is 1. The van der Waals surface area contributed by atoms with E-state index >= 15 is 0 Å².